The molecule has 0 spiro atoms. The van der Waals surface area contributed by atoms with Crippen molar-refractivity contribution >= 4 is 58.3 Å². The number of esters is 2. The second-order valence-electron chi connectivity index (χ2n) is 5.70. The molecule has 0 N–H and O–H groups in total. The molecule has 0 saturated heterocycles. The predicted molar refractivity (Wildman–Crippen MR) is 106 cm³/mol. The highest BCUT2D eigenvalue weighted by Crippen LogP contribution is 2.42. The summed E-state index contributed by atoms with van der Waals surface area (Å²) in [5, 5.41) is 0.426. The van der Waals surface area contributed by atoms with Crippen LogP contribution in [0.1, 0.15) is 58.3 Å². The van der Waals surface area contributed by atoms with E-state index in [4.69, 9.17) is 55.9 Å². The molecule has 0 aromatic heterocycles. The molecule has 0 heterocycles. The van der Waals surface area contributed by atoms with E-state index in [0.29, 0.717) is 19.4 Å². The van der Waals surface area contributed by atoms with Crippen molar-refractivity contribution in [2.75, 3.05) is 6.61 Å². The van der Waals surface area contributed by atoms with E-state index < -0.39 is 5.97 Å². The largest absolute Gasteiger partial charge is 0.466 e. The first-order valence-corrected chi connectivity index (χ1v) is 10.1. The van der Waals surface area contributed by atoms with Crippen LogP contribution in [0.15, 0.2) is 6.07 Å². The predicted octanol–water partition coefficient (Wildman–Crippen LogP) is 6.89. The second-order valence-corrected chi connectivity index (χ2v) is 7.24. The lowest BCUT2D eigenvalue weighted by Gasteiger charge is -2.09. The van der Waals surface area contributed by atoms with Gasteiger partial charge in [-0.1, -0.05) is 72.1 Å². The van der Waals surface area contributed by atoms with E-state index >= 15 is 0 Å². The third-order valence-corrected chi connectivity index (χ3v) is 5.34. The van der Waals surface area contributed by atoms with Gasteiger partial charge in [-0.25, -0.2) is 0 Å². The Balaban J connectivity index is 2.19. The number of benzene rings is 1. The summed E-state index contributed by atoms with van der Waals surface area (Å²) in [5.74, 6) is -0.435. The van der Waals surface area contributed by atoms with E-state index in [-0.39, 0.29) is 38.2 Å². The standard InChI is InChI=1S/C18H22Cl4O4/c1-2-25-14(23)9-7-5-3-4-6-8-10-15(24)26-13-11-12(19)16(20)18(22)17(13)21/h11H,2-10H2,1H3. The number of rotatable bonds is 11. The molecule has 1 aromatic carbocycles. The summed E-state index contributed by atoms with van der Waals surface area (Å²) in [5.41, 5.74) is 0. The zero-order chi connectivity index (χ0) is 19.5. The Morgan fingerprint density at radius 2 is 1.35 bits per heavy atom. The molecule has 0 unspecified atom stereocenters. The van der Waals surface area contributed by atoms with E-state index in [2.05, 4.69) is 0 Å². The van der Waals surface area contributed by atoms with Gasteiger partial charge in [0, 0.05) is 18.9 Å². The number of hydrogen-bond acceptors (Lipinski definition) is 4. The molecule has 0 amide bonds. The fourth-order valence-electron chi connectivity index (χ4n) is 2.28. The fraction of sp³-hybridized carbons (Fsp3) is 0.556. The van der Waals surface area contributed by atoms with Crippen molar-refractivity contribution in [3.8, 4) is 5.75 Å². The highest BCUT2D eigenvalue weighted by molar-refractivity contribution is 6.52. The van der Waals surface area contributed by atoms with E-state index in [1.54, 1.807) is 6.92 Å². The van der Waals surface area contributed by atoms with Gasteiger partial charge in [0.2, 0.25) is 0 Å². The van der Waals surface area contributed by atoms with Crippen LogP contribution in [0.4, 0.5) is 0 Å². The minimum absolute atomic E-state index is 0.0615. The molecule has 4 nitrogen and oxygen atoms in total. The molecule has 146 valence electrons. The smallest absolute Gasteiger partial charge is 0.311 e. The van der Waals surface area contributed by atoms with Crippen LogP contribution in [-0.4, -0.2) is 18.5 Å². The number of halogens is 4. The summed E-state index contributed by atoms with van der Waals surface area (Å²) in [6.45, 7) is 2.22. The molecule has 0 saturated carbocycles. The quantitative estimate of drug-likeness (QED) is 0.123. The first-order valence-electron chi connectivity index (χ1n) is 8.56. The summed E-state index contributed by atoms with van der Waals surface area (Å²) in [6.07, 6.45) is 6.17. The molecule has 0 aliphatic heterocycles. The van der Waals surface area contributed by atoms with Crippen LogP contribution in [0, 0.1) is 0 Å². The Bertz CT molecular complexity index is 620. The Kier molecular flexibility index (Phi) is 11.4. The van der Waals surface area contributed by atoms with Gasteiger partial charge in [0.05, 0.1) is 21.7 Å². The van der Waals surface area contributed by atoms with Crippen LogP contribution in [0.25, 0.3) is 0 Å². The average molecular weight is 444 g/mol. The molecular formula is C18H22Cl4O4. The SMILES string of the molecule is CCOC(=O)CCCCCCCCC(=O)Oc1cc(Cl)c(Cl)c(Cl)c1Cl. The van der Waals surface area contributed by atoms with Crippen LogP contribution in [0.5, 0.6) is 5.75 Å². The minimum atomic E-state index is -0.399. The van der Waals surface area contributed by atoms with Crippen molar-refractivity contribution in [3.63, 3.8) is 0 Å². The molecule has 0 aliphatic carbocycles. The Hall–Kier alpha value is -0.680. The van der Waals surface area contributed by atoms with Crippen molar-refractivity contribution in [1.29, 1.82) is 0 Å². The fourth-order valence-corrected chi connectivity index (χ4v) is 3.10. The summed E-state index contributed by atoms with van der Waals surface area (Å²) in [7, 11) is 0. The van der Waals surface area contributed by atoms with Crippen molar-refractivity contribution in [2.24, 2.45) is 0 Å². The Morgan fingerprint density at radius 1 is 0.808 bits per heavy atom. The second kappa shape index (κ2) is 12.7. The van der Waals surface area contributed by atoms with Crippen LogP contribution in [0.2, 0.25) is 20.1 Å². The molecule has 1 aromatic rings. The van der Waals surface area contributed by atoms with Crippen LogP contribution in [-0.2, 0) is 14.3 Å². The number of hydrogen-bond donors (Lipinski definition) is 0. The number of carbonyl (C=O) groups excluding carboxylic acids is 2. The monoisotopic (exact) mass is 442 g/mol. The Labute approximate surface area is 174 Å². The van der Waals surface area contributed by atoms with Crippen molar-refractivity contribution in [1.82, 2.24) is 0 Å². The van der Waals surface area contributed by atoms with Crippen molar-refractivity contribution in [3.05, 3.63) is 26.2 Å². The van der Waals surface area contributed by atoms with Gasteiger partial charge in [-0.05, 0) is 19.8 Å². The first-order chi connectivity index (χ1) is 12.4. The number of ether oxygens (including phenoxy) is 2. The molecular weight excluding hydrogens is 422 g/mol. The topological polar surface area (TPSA) is 52.6 Å². The van der Waals surface area contributed by atoms with Crippen molar-refractivity contribution in [2.45, 2.75) is 58.3 Å². The molecule has 0 aliphatic rings. The van der Waals surface area contributed by atoms with E-state index in [1.807, 2.05) is 0 Å². The minimum Gasteiger partial charge on any atom is -0.466 e. The number of carbonyl (C=O) groups is 2. The maximum atomic E-state index is 11.9. The molecule has 1 rings (SSSR count). The Morgan fingerprint density at radius 3 is 1.92 bits per heavy atom. The molecule has 0 radical (unpaired) electrons. The third-order valence-electron chi connectivity index (χ3n) is 3.61. The van der Waals surface area contributed by atoms with Gasteiger partial charge in [0.1, 0.15) is 5.02 Å². The van der Waals surface area contributed by atoms with Gasteiger partial charge in [-0.2, -0.15) is 0 Å². The zero-order valence-corrected chi connectivity index (χ0v) is 17.6. The lowest BCUT2D eigenvalue weighted by Crippen LogP contribution is -2.08. The number of unbranched alkanes of at least 4 members (excludes halogenated alkanes) is 5. The highest BCUT2D eigenvalue weighted by atomic mass is 35.5. The van der Waals surface area contributed by atoms with E-state index in [9.17, 15) is 9.59 Å². The maximum Gasteiger partial charge on any atom is 0.311 e. The first kappa shape index (κ1) is 23.4. The van der Waals surface area contributed by atoms with E-state index in [0.717, 1.165) is 32.1 Å². The molecule has 0 fully saturated rings. The summed E-state index contributed by atoms with van der Waals surface area (Å²) in [4.78, 5) is 23.1. The normalized spacial score (nSPS) is 10.7. The third kappa shape index (κ3) is 8.34. The van der Waals surface area contributed by atoms with Crippen LogP contribution < -0.4 is 4.74 Å². The van der Waals surface area contributed by atoms with Crippen LogP contribution >= 0.6 is 46.4 Å². The van der Waals surface area contributed by atoms with Gasteiger partial charge < -0.3 is 9.47 Å². The summed E-state index contributed by atoms with van der Waals surface area (Å²) >= 11 is 23.7. The molecule has 0 bridgehead atoms. The van der Waals surface area contributed by atoms with E-state index in [1.165, 1.54) is 6.07 Å². The average Bonchev–Trinajstić information content (AvgIpc) is 2.60. The zero-order valence-electron chi connectivity index (χ0n) is 14.6. The van der Waals surface area contributed by atoms with Crippen molar-refractivity contribution < 1.29 is 19.1 Å². The lowest BCUT2D eigenvalue weighted by atomic mass is 10.1. The van der Waals surface area contributed by atoms with Gasteiger partial charge in [-0.3, -0.25) is 9.59 Å². The molecule has 8 heteroatoms. The lowest BCUT2D eigenvalue weighted by molar-refractivity contribution is -0.143. The summed E-state index contributed by atoms with van der Waals surface area (Å²) in [6, 6.07) is 1.37. The maximum absolute atomic E-state index is 11.9. The van der Waals surface area contributed by atoms with Gasteiger partial charge in [-0.15, -0.1) is 0 Å². The van der Waals surface area contributed by atoms with Crippen LogP contribution in [0.3, 0.4) is 0 Å². The highest BCUT2D eigenvalue weighted by Gasteiger charge is 2.16. The molecule has 26 heavy (non-hydrogen) atoms. The summed E-state index contributed by atoms with van der Waals surface area (Å²) < 4.78 is 10.1. The van der Waals surface area contributed by atoms with Gasteiger partial charge in [0.25, 0.3) is 0 Å². The van der Waals surface area contributed by atoms with Gasteiger partial charge >= 0.3 is 11.9 Å². The molecule has 0 atom stereocenters. The van der Waals surface area contributed by atoms with Gasteiger partial charge in [0.15, 0.2) is 5.75 Å².